The average Bonchev–Trinajstić information content (AvgIpc) is 3.34. The Kier molecular flexibility index (Phi) is 6.78. The van der Waals surface area contributed by atoms with E-state index in [1.807, 2.05) is 24.4 Å². The summed E-state index contributed by atoms with van der Waals surface area (Å²) in [5.41, 5.74) is 0.689. The third kappa shape index (κ3) is 5.16. The second kappa shape index (κ2) is 9.28. The molecule has 1 fully saturated rings. The highest BCUT2D eigenvalue weighted by Gasteiger charge is 2.34. The zero-order valence-corrected chi connectivity index (χ0v) is 16.6. The molecule has 1 saturated heterocycles. The minimum atomic E-state index is -0.862. The van der Waals surface area contributed by atoms with E-state index >= 15 is 0 Å². The van der Waals surface area contributed by atoms with Crippen molar-refractivity contribution in [3.05, 3.63) is 57.8 Å². The molecule has 0 aliphatic carbocycles. The Labute approximate surface area is 167 Å². The highest BCUT2D eigenvalue weighted by Crippen LogP contribution is 2.20. The van der Waals surface area contributed by atoms with Gasteiger partial charge in [-0.25, -0.2) is 8.78 Å². The van der Waals surface area contributed by atoms with Crippen LogP contribution in [0.3, 0.4) is 0 Å². The minimum Gasteiger partial charge on any atom is -0.352 e. The highest BCUT2D eigenvalue weighted by atomic mass is 32.1. The van der Waals surface area contributed by atoms with Crippen LogP contribution in [0.25, 0.3) is 0 Å². The first-order valence-electron chi connectivity index (χ1n) is 9.50. The summed E-state index contributed by atoms with van der Waals surface area (Å²) in [6.45, 7) is 2.48. The number of halogens is 2. The van der Waals surface area contributed by atoms with E-state index < -0.39 is 17.7 Å². The molecule has 0 bridgehead atoms. The summed E-state index contributed by atoms with van der Waals surface area (Å²) in [6, 6.07) is 7.13. The predicted octanol–water partition coefficient (Wildman–Crippen LogP) is 3.70. The monoisotopic (exact) mass is 406 g/mol. The molecule has 0 spiro atoms. The van der Waals surface area contributed by atoms with Crippen molar-refractivity contribution in [3.8, 4) is 0 Å². The molecule has 28 heavy (non-hydrogen) atoms. The molecule has 2 heterocycles. The van der Waals surface area contributed by atoms with E-state index in [-0.39, 0.29) is 17.9 Å². The van der Waals surface area contributed by atoms with Crippen molar-refractivity contribution in [3.63, 3.8) is 0 Å². The first kappa shape index (κ1) is 20.5. The summed E-state index contributed by atoms with van der Waals surface area (Å²) >= 11 is 1.54. The van der Waals surface area contributed by atoms with E-state index in [9.17, 15) is 18.4 Å². The number of nitrogens with one attached hydrogen (secondary N) is 1. The third-order valence-electron chi connectivity index (χ3n) is 5.02. The first-order chi connectivity index (χ1) is 13.4. The molecule has 7 heteroatoms. The second-order valence-corrected chi connectivity index (χ2v) is 8.23. The van der Waals surface area contributed by atoms with Gasteiger partial charge in [0.2, 0.25) is 11.8 Å². The molecule has 1 aromatic heterocycles. The van der Waals surface area contributed by atoms with Gasteiger partial charge in [-0.15, -0.1) is 11.3 Å². The predicted molar refractivity (Wildman–Crippen MR) is 105 cm³/mol. The molecular formula is C21H24F2N2O2S. The maximum absolute atomic E-state index is 13.3. The Morgan fingerprint density at radius 1 is 1.29 bits per heavy atom. The topological polar surface area (TPSA) is 49.4 Å². The number of hydrogen-bond acceptors (Lipinski definition) is 3. The number of benzene rings is 1. The number of thiophene rings is 1. The van der Waals surface area contributed by atoms with Gasteiger partial charge in [-0.3, -0.25) is 9.59 Å². The van der Waals surface area contributed by atoms with Crippen molar-refractivity contribution >= 4 is 23.2 Å². The van der Waals surface area contributed by atoms with Crippen LogP contribution in [-0.4, -0.2) is 35.3 Å². The molecule has 2 atom stereocenters. The van der Waals surface area contributed by atoms with E-state index in [1.165, 1.54) is 17.4 Å². The van der Waals surface area contributed by atoms with Crippen molar-refractivity contribution < 1.29 is 18.4 Å². The largest absolute Gasteiger partial charge is 0.352 e. The van der Waals surface area contributed by atoms with Gasteiger partial charge in [-0.2, -0.15) is 0 Å². The summed E-state index contributed by atoms with van der Waals surface area (Å²) in [5.74, 6) is -1.89. The van der Waals surface area contributed by atoms with E-state index in [2.05, 4.69) is 5.32 Å². The van der Waals surface area contributed by atoms with Crippen LogP contribution in [0.2, 0.25) is 0 Å². The molecule has 1 aromatic carbocycles. The Bertz CT molecular complexity index is 826. The third-order valence-corrected chi connectivity index (χ3v) is 5.90. The fourth-order valence-electron chi connectivity index (χ4n) is 3.49. The Balaban J connectivity index is 1.50. The van der Waals surface area contributed by atoms with Crippen LogP contribution in [0.15, 0.2) is 35.7 Å². The van der Waals surface area contributed by atoms with Crippen LogP contribution in [0.4, 0.5) is 8.78 Å². The Hall–Kier alpha value is -2.28. The van der Waals surface area contributed by atoms with Crippen molar-refractivity contribution in [2.24, 2.45) is 0 Å². The lowest BCUT2D eigenvalue weighted by Crippen LogP contribution is -2.48. The fourth-order valence-corrected chi connectivity index (χ4v) is 4.19. The van der Waals surface area contributed by atoms with Crippen LogP contribution in [-0.2, 0) is 22.4 Å². The minimum absolute atomic E-state index is 0.0189. The number of rotatable bonds is 7. The molecule has 1 aliphatic rings. The first-order valence-corrected chi connectivity index (χ1v) is 10.4. The van der Waals surface area contributed by atoms with Gasteiger partial charge in [0.25, 0.3) is 0 Å². The summed E-state index contributed by atoms with van der Waals surface area (Å²) in [7, 11) is 0. The summed E-state index contributed by atoms with van der Waals surface area (Å²) < 4.78 is 26.3. The highest BCUT2D eigenvalue weighted by molar-refractivity contribution is 7.10. The van der Waals surface area contributed by atoms with E-state index in [4.69, 9.17) is 0 Å². The average molecular weight is 406 g/mol. The molecule has 0 saturated carbocycles. The SMILES string of the molecule is CC(CCc1ccc(F)c(F)c1)NC(=O)C1CCCN1C(=O)Cc1cccs1. The van der Waals surface area contributed by atoms with Gasteiger partial charge in [0, 0.05) is 17.5 Å². The Morgan fingerprint density at radius 3 is 2.82 bits per heavy atom. The fraction of sp³-hybridized carbons (Fsp3) is 0.429. The molecule has 1 aliphatic heterocycles. The van der Waals surface area contributed by atoms with Crippen LogP contribution in [0.5, 0.6) is 0 Å². The number of amides is 2. The maximum atomic E-state index is 13.3. The van der Waals surface area contributed by atoms with Gasteiger partial charge in [0.05, 0.1) is 6.42 Å². The molecule has 2 aromatic rings. The van der Waals surface area contributed by atoms with Gasteiger partial charge >= 0.3 is 0 Å². The molecule has 1 N–H and O–H groups in total. The summed E-state index contributed by atoms with van der Waals surface area (Å²) in [4.78, 5) is 27.9. The van der Waals surface area contributed by atoms with Crippen LogP contribution >= 0.6 is 11.3 Å². The molecule has 2 unspecified atom stereocenters. The molecule has 0 radical (unpaired) electrons. The summed E-state index contributed by atoms with van der Waals surface area (Å²) in [6.07, 6.45) is 2.94. The molecule has 4 nitrogen and oxygen atoms in total. The van der Waals surface area contributed by atoms with Crippen molar-refractivity contribution in [2.75, 3.05) is 6.54 Å². The van der Waals surface area contributed by atoms with Crippen LogP contribution < -0.4 is 5.32 Å². The molecule has 2 amide bonds. The van der Waals surface area contributed by atoms with E-state index in [1.54, 1.807) is 11.0 Å². The van der Waals surface area contributed by atoms with Crippen molar-refractivity contribution in [1.82, 2.24) is 10.2 Å². The van der Waals surface area contributed by atoms with Crippen LogP contribution in [0.1, 0.15) is 36.6 Å². The molecular weight excluding hydrogens is 382 g/mol. The van der Waals surface area contributed by atoms with E-state index in [0.29, 0.717) is 37.8 Å². The molecule has 3 rings (SSSR count). The number of carbonyl (C=O) groups excluding carboxylic acids is 2. The lowest BCUT2D eigenvalue weighted by molar-refractivity contribution is -0.138. The van der Waals surface area contributed by atoms with Gasteiger partial charge in [-0.1, -0.05) is 12.1 Å². The van der Waals surface area contributed by atoms with Crippen LogP contribution in [0, 0.1) is 11.6 Å². The molecule has 150 valence electrons. The number of aryl methyl sites for hydroxylation is 1. The lowest BCUT2D eigenvalue weighted by atomic mass is 10.1. The zero-order valence-electron chi connectivity index (χ0n) is 15.8. The van der Waals surface area contributed by atoms with Gasteiger partial charge in [-0.05, 0) is 61.7 Å². The van der Waals surface area contributed by atoms with Crippen molar-refractivity contribution in [1.29, 1.82) is 0 Å². The summed E-state index contributed by atoms with van der Waals surface area (Å²) in [5, 5.41) is 4.90. The van der Waals surface area contributed by atoms with Gasteiger partial charge < -0.3 is 10.2 Å². The lowest BCUT2D eigenvalue weighted by Gasteiger charge is -2.25. The number of hydrogen-bond donors (Lipinski definition) is 1. The number of likely N-dealkylation sites (tertiary alicyclic amines) is 1. The number of carbonyl (C=O) groups is 2. The van der Waals surface area contributed by atoms with Crippen molar-refractivity contribution in [2.45, 2.75) is 51.1 Å². The smallest absolute Gasteiger partial charge is 0.243 e. The quantitative estimate of drug-likeness (QED) is 0.762. The maximum Gasteiger partial charge on any atom is 0.243 e. The van der Waals surface area contributed by atoms with E-state index in [0.717, 1.165) is 17.4 Å². The second-order valence-electron chi connectivity index (χ2n) is 7.20. The van der Waals surface area contributed by atoms with Gasteiger partial charge in [0.15, 0.2) is 11.6 Å². The zero-order chi connectivity index (χ0) is 20.1. The Morgan fingerprint density at radius 2 is 2.11 bits per heavy atom. The van der Waals surface area contributed by atoms with Gasteiger partial charge in [0.1, 0.15) is 6.04 Å². The standard InChI is InChI=1S/C21H24F2N2O2S/c1-14(6-7-15-8-9-17(22)18(23)12-15)24-21(27)19-5-2-10-25(19)20(26)13-16-4-3-11-28-16/h3-4,8-9,11-12,14,19H,2,5-7,10,13H2,1H3,(H,24,27). The number of nitrogens with zero attached hydrogens (tertiary/aromatic N) is 1. The normalized spacial score (nSPS) is 17.5.